The first kappa shape index (κ1) is 13.2. The molecule has 0 radical (unpaired) electrons. The zero-order chi connectivity index (χ0) is 12.7. The van der Waals surface area contributed by atoms with Gasteiger partial charge in [0.05, 0.1) is 6.61 Å². The molecule has 0 bridgehead atoms. The van der Waals surface area contributed by atoms with E-state index in [0.717, 1.165) is 6.07 Å². The Labute approximate surface area is 97.7 Å². The molecule has 1 aromatic rings. The van der Waals surface area contributed by atoms with Crippen LogP contribution in [-0.2, 0) is 0 Å². The van der Waals surface area contributed by atoms with Crippen molar-refractivity contribution in [2.24, 2.45) is 10.9 Å². The number of halogens is 2. The summed E-state index contributed by atoms with van der Waals surface area (Å²) in [5.74, 6) is -1.88. The zero-order valence-electron chi connectivity index (χ0n) is 9.20. The van der Waals surface area contributed by atoms with Crippen LogP contribution >= 0.6 is 0 Å². The molecule has 0 fully saturated rings. The van der Waals surface area contributed by atoms with Crippen LogP contribution in [0.4, 0.5) is 8.78 Å². The van der Waals surface area contributed by atoms with Crippen LogP contribution in [0.3, 0.4) is 0 Å². The predicted molar refractivity (Wildman–Crippen MR) is 59.1 cm³/mol. The molecule has 0 amide bonds. The fraction of sp³-hybridized carbons (Fsp3) is 0.364. The quantitative estimate of drug-likeness (QED) is 0.265. The number of nitrogens with zero attached hydrogens (tertiary/aromatic N) is 1. The standard InChI is InChI=1S/C11H14F2N2O2/c12-8-4-3-5-9(11(8)13)17-7-2-1-6-10(14)15-16/h3-5,16H,1-2,6-7H2,(H2,14,15). The van der Waals surface area contributed by atoms with Gasteiger partial charge >= 0.3 is 0 Å². The summed E-state index contributed by atoms with van der Waals surface area (Å²) in [5.41, 5.74) is 5.26. The molecule has 3 N–H and O–H groups in total. The van der Waals surface area contributed by atoms with Gasteiger partial charge in [-0.05, 0) is 25.0 Å². The molecule has 0 aromatic heterocycles. The second-order valence-corrected chi connectivity index (χ2v) is 3.45. The highest BCUT2D eigenvalue weighted by Gasteiger charge is 2.07. The van der Waals surface area contributed by atoms with Crippen LogP contribution < -0.4 is 10.5 Å². The summed E-state index contributed by atoms with van der Waals surface area (Å²) in [6.07, 6.45) is 1.69. The molecule has 6 heteroatoms. The SMILES string of the molecule is N/C(CCCCOc1cccc(F)c1F)=N\O. The largest absolute Gasteiger partial charge is 0.490 e. The van der Waals surface area contributed by atoms with E-state index in [9.17, 15) is 8.78 Å². The van der Waals surface area contributed by atoms with Crippen LogP contribution in [-0.4, -0.2) is 17.6 Å². The van der Waals surface area contributed by atoms with Gasteiger partial charge < -0.3 is 15.7 Å². The van der Waals surface area contributed by atoms with Crippen LogP contribution in [0.15, 0.2) is 23.4 Å². The number of amidine groups is 1. The van der Waals surface area contributed by atoms with E-state index in [1.54, 1.807) is 0 Å². The summed E-state index contributed by atoms with van der Waals surface area (Å²) >= 11 is 0. The van der Waals surface area contributed by atoms with Gasteiger partial charge in [0.1, 0.15) is 5.84 Å². The average molecular weight is 244 g/mol. The molecule has 0 unspecified atom stereocenters. The fourth-order valence-corrected chi connectivity index (χ4v) is 1.24. The Morgan fingerprint density at radius 2 is 2.12 bits per heavy atom. The number of hydrogen-bond donors (Lipinski definition) is 2. The highest BCUT2D eigenvalue weighted by atomic mass is 19.2. The van der Waals surface area contributed by atoms with E-state index in [4.69, 9.17) is 15.7 Å². The first-order valence-corrected chi connectivity index (χ1v) is 5.18. The second kappa shape index (κ2) is 6.67. The van der Waals surface area contributed by atoms with E-state index in [1.807, 2.05) is 0 Å². The Balaban J connectivity index is 2.29. The minimum absolute atomic E-state index is 0.103. The van der Waals surface area contributed by atoms with Crippen molar-refractivity contribution in [3.63, 3.8) is 0 Å². The average Bonchev–Trinajstić information content (AvgIpc) is 2.33. The van der Waals surface area contributed by atoms with Crippen LogP contribution in [0.25, 0.3) is 0 Å². The van der Waals surface area contributed by atoms with Crippen molar-refractivity contribution >= 4 is 5.84 Å². The van der Waals surface area contributed by atoms with Crippen LogP contribution in [0.2, 0.25) is 0 Å². The number of nitrogens with two attached hydrogens (primary N) is 1. The third kappa shape index (κ3) is 4.26. The Kier molecular flexibility index (Phi) is 5.19. The van der Waals surface area contributed by atoms with Gasteiger partial charge in [-0.25, -0.2) is 4.39 Å². The van der Waals surface area contributed by atoms with E-state index in [1.165, 1.54) is 12.1 Å². The second-order valence-electron chi connectivity index (χ2n) is 3.45. The van der Waals surface area contributed by atoms with Gasteiger partial charge in [0.2, 0.25) is 5.82 Å². The third-order valence-corrected chi connectivity index (χ3v) is 2.13. The molecule has 0 atom stereocenters. The van der Waals surface area contributed by atoms with Gasteiger partial charge in [-0.2, -0.15) is 4.39 Å². The smallest absolute Gasteiger partial charge is 0.200 e. The van der Waals surface area contributed by atoms with Crippen molar-refractivity contribution in [1.82, 2.24) is 0 Å². The normalized spacial score (nSPS) is 11.5. The first-order chi connectivity index (χ1) is 8.15. The maximum Gasteiger partial charge on any atom is 0.200 e. The Hall–Kier alpha value is -1.85. The highest BCUT2D eigenvalue weighted by Crippen LogP contribution is 2.19. The number of rotatable bonds is 6. The molecular weight excluding hydrogens is 230 g/mol. The molecule has 0 spiro atoms. The van der Waals surface area contributed by atoms with Crippen molar-refractivity contribution in [3.05, 3.63) is 29.8 Å². The highest BCUT2D eigenvalue weighted by molar-refractivity contribution is 5.79. The van der Waals surface area contributed by atoms with E-state index >= 15 is 0 Å². The number of hydrogen-bond acceptors (Lipinski definition) is 3. The van der Waals surface area contributed by atoms with Crippen LogP contribution in [0.1, 0.15) is 19.3 Å². The molecule has 0 saturated heterocycles. The van der Waals surface area contributed by atoms with E-state index < -0.39 is 11.6 Å². The van der Waals surface area contributed by atoms with E-state index in [-0.39, 0.29) is 18.2 Å². The van der Waals surface area contributed by atoms with Crippen LogP contribution in [0, 0.1) is 11.6 Å². The minimum Gasteiger partial charge on any atom is -0.490 e. The summed E-state index contributed by atoms with van der Waals surface area (Å²) in [5, 5.41) is 11.1. The van der Waals surface area contributed by atoms with Crippen molar-refractivity contribution < 1.29 is 18.7 Å². The summed E-state index contributed by atoms with van der Waals surface area (Å²) in [4.78, 5) is 0. The molecule has 0 aliphatic rings. The topological polar surface area (TPSA) is 67.8 Å². The molecule has 17 heavy (non-hydrogen) atoms. The first-order valence-electron chi connectivity index (χ1n) is 5.18. The lowest BCUT2D eigenvalue weighted by molar-refractivity contribution is 0.286. The molecule has 0 saturated carbocycles. The van der Waals surface area contributed by atoms with E-state index in [0.29, 0.717) is 19.3 Å². The number of ether oxygens (including phenoxy) is 1. The Morgan fingerprint density at radius 1 is 1.35 bits per heavy atom. The predicted octanol–water partition coefficient (Wildman–Crippen LogP) is 2.26. The molecule has 4 nitrogen and oxygen atoms in total. The number of oxime groups is 1. The molecule has 1 aromatic carbocycles. The van der Waals surface area contributed by atoms with Crippen molar-refractivity contribution in [1.29, 1.82) is 0 Å². The summed E-state index contributed by atoms with van der Waals surface area (Å²) in [6.45, 7) is 0.249. The lowest BCUT2D eigenvalue weighted by atomic mass is 10.2. The minimum atomic E-state index is -0.982. The summed E-state index contributed by atoms with van der Waals surface area (Å²) in [7, 11) is 0. The monoisotopic (exact) mass is 244 g/mol. The van der Waals surface area contributed by atoms with Gasteiger partial charge in [0, 0.05) is 6.42 Å². The lowest BCUT2D eigenvalue weighted by Gasteiger charge is -2.07. The Morgan fingerprint density at radius 3 is 2.82 bits per heavy atom. The maximum absolute atomic E-state index is 13.1. The molecule has 1 rings (SSSR count). The summed E-state index contributed by atoms with van der Waals surface area (Å²) in [6, 6.07) is 3.77. The number of benzene rings is 1. The van der Waals surface area contributed by atoms with Gasteiger partial charge in [-0.3, -0.25) is 0 Å². The van der Waals surface area contributed by atoms with Crippen LogP contribution in [0.5, 0.6) is 5.75 Å². The molecule has 0 aliphatic heterocycles. The van der Waals surface area contributed by atoms with Gasteiger partial charge in [0.15, 0.2) is 11.6 Å². The van der Waals surface area contributed by atoms with Gasteiger partial charge in [-0.15, -0.1) is 0 Å². The summed E-state index contributed by atoms with van der Waals surface area (Å²) < 4.78 is 31.0. The van der Waals surface area contributed by atoms with E-state index in [2.05, 4.69) is 5.16 Å². The van der Waals surface area contributed by atoms with Crippen molar-refractivity contribution in [3.8, 4) is 5.75 Å². The van der Waals surface area contributed by atoms with Crippen molar-refractivity contribution in [2.45, 2.75) is 19.3 Å². The third-order valence-electron chi connectivity index (χ3n) is 2.13. The lowest BCUT2D eigenvalue weighted by Crippen LogP contribution is -2.11. The molecule has 0 aliphatic carbocycles. The van der Waals surface area contributed by atoms with Gasteiger partial charge in [0.25, 0.3) is 0 Å². The number of unbranched alkanes of at least 4 members (excludes halogenated alkanes) is 1. The fourth-order valence-electron chi connectivity index (χ4n) is 1.24. The van der Waals surface area contributed by atoms with Gasteiger partial charge in [-0.1, -0.05) is 11.2 Å². The molecule has 0 heterocycles. The zero-order valence-corrected chi connectivity index (χ0v) is 9.20. The van der Waals surface area contributed by atoms with Crippen molar-refractivity contribution in [2.75, 3.05) is 6.61 Å². The molecule has 94 valence electrons. The Bertz CT molecular complexity index is 397. The maximum atomic E-state index is 13.1. The molecular formula is C11H14F2N2O2.